The van der Waals surface area contributed by atoms with Gasteiger partial charge in [-0.3, -0.25) is 14.7 Å². The highest BCUT2D eigenvalue weighted by atomic mass is 35.5. The Hall–Kier alpha value is -0.920. The quantitative estimate of drug-likeness (QED) is 0.856. The van der Waals surface area contributed by atoms with Gasteiger partial charge in [0.05, 0.1) is 16.1 Å². The fourth-order valence-electron chi connectivity index (χ4n) is 3.18. The van der Waals surface area contributed by atoms with Crippen LogP contribution in [-0.2, 0) is 11.3 Å². The molecular formula is C16H23Cl2N5O. The number of nitrogens with zero attached hydrogens (tertiary/aromatic N) is 4. The lowest BCUT2D eigenvalue weighted by molar-refractivity contribution is -0.136. The van der Waals surface area contributed by atoms with Crippen LogP contribution in [0.4, 0.5) is 0 Å². The van der Waals surface area contributed by atoms with Crippen molar-refractivity contribution in [1.29, 1.82) is 0 Å². The molecule has 0 aromatic carbocycles. The second-order valence-electron chi connectivity index (χ2n) is 6.45. The van der Waals surface area contributed by atoms with E-state index in [4.69, 9.17) is 23.2 Å². The molecule has 0 saturated carbocycles. The third-order valence-electron chi connectivity index (χ3n) is 4.71. The summed E-state index contributed by atoms with van der Waals surface area (Å²) >= 11 is 12.4. The molecule has 8 heteroatoms. The molecule has 0 aliphatic carbocycles. The Kier molecular flexibility index (Phi) is 5.94. The highest BCUT2D eigenvalue weighted by Crippen LogP contribution is 2.24. The average Bonchev–Trinajstić information content (AvgIpc) is 2.59. The molecule has 2 aliphatic heterocycles. The van der Waals surface area contributed by atoms with Crippen LogP contribution in [0.2, 0.25) is 10.0 Å². The van der Waals surface area contributed by atoms with Crippen molar-refractivity contribution in [2.75, 3.05) is 52.9 Å². The molecule has 1 aromatic rings. The number of amides is 1. The van der Waals surface area contributed by atoms with Gasteiger partial charge in [-0.05, 0) is 7.05 Å². The maximum atomic E-state index is 12.7. The topological polar surface area (TPSA) is 51.7 Å². The zero-order valence-corrected chi connectivity index (χ0v) is 15.4. The second-order valence-corrected chi connectivity index (χ2v) is 7.27. The minimum atomic E-state index is -0.165. The van der Waals surface area contributed by atoms with Crippen LogP contribution >= 0.6 is 23.2 Å². The van der Waals surface area contributed by atoms with Crippen molar-refractivity contribution in [1.82, 2.24) is 25.0 Å². The van der Waals surface area contributed by atoms with Gasteiger partial charge >= 0.3 is 0 Å². The maximum absolute atomic E-state index is 12.7. The molecule has 2 fully saturated rings. The third kappa shape index (κ3) is 4.18. The molecule has 3 rings (SSSR count). The number of hydrogen-bond acceptors (Lipinski definition) is 5. The number of carbonyl (C=O) groups is 1. The first kappa shape index (κ1) is 17.9. The van der Waals surface area contributed by atoms with Crippen molar-refractivity contribution in [2.24, 2.45) is 0 Å². The van der Waals surface area contributed by atoms with Gasteiger partial charge in [0.1, 0.15) is 0 Å². The Morgan fingerprint density at radius 3 is 2.54 bits per heavy atom. The number of piperazine rings is 2. The minimum absolute atomic E-state index is 0.165. The molecular weight excluding hydrogens is 349 g/mol. The van der Waals surface area contributed by atoms with E-state index in [2.05, 4.69) is 27.1 Å². The Balaban J connectivity index is 1.61. The SMILES string of the molecule is CN1CCN(C(=O)[C@@H]2CN(Cc3c(Cl)cncc3Cl)CCN2)CC1. The summed E-state index contributed by atoms with van der Waals surface area (Å²) in [5.74, 6) is 0.194. The van der Waals surface area contributed by atoms with Crippen molar-refractivity contribution in [3.8, 4) is 0 Å². The zero-order chi connectivity index (χ0) is 17.1. The monoisotopic (exact) mass is 371 g/mol. The van der Waals surface area contributed by atoms with Crippen molar-refractivity contribution >= 4 is 29.1 Å². The Bertz CT molecular complexity index is 572. The van der Waals surface area contributed by atoms with E-state index in [9.17, 15) is 4.79 Å². The van der Waals surface area contributed by atoms with Crippen LogP contribution in [0, 0.1) is 0 Å². The number of halogens is 2. The van der Waals surface area contributed by atoms with E-state index in [1.54, 1.807) is 12.4 Å². The first-order chi connectivity index (χ1) is 11.5. The number of rotatable bonds is 3. The fourth-order valence-corrected chi connectivity index (χ4v) is 3.66. The number of nitrogens with one attached hydrogen (secondary N) is 1. The van der Waals surface area contributed by atoms with Gasteiger partial charge in [-0.2, -0.15) is 0 Å². The third-order valence-corrected chi connectivity index (χ3v) is 5.36. The molecule has 132 valence electrons. The fraction of sp³-hybridized carbons (Fsp3) is 0.625. The lowest BCUT2D eigenvalue weighted by atomic mass is 10.1. The molecule has 6 nitrogen and oxygen atoms in total. The first-order valence-electron chi connectivity index (χ1n) is 8.25. The summed E-state index contributed by atoms with van der Waals surface area (Å²) in [4.78, 5) is 23.2. The lowest BCUT2D eigenvalue weighted by Gasteiger charge is -2.38. The molecule has 1 aromatic heterocycles. The van der Waals surface area contributed by atoms with Crippen LogP contribution in [0.5, 0.6) is 0 Å². The number of aromatic nitrogens is 1. The average molecular weight is 372 g/mol. The summed E-state index contributed by atoms with van der Waals surface area (Å²) in [5.41, 5.74) is 0.876. The van der Waals surface area contributed by atoms with Gasteiger partial charge in [-0.1, -0.05) is 23.2 Å². The van der Waals surface area contributed by atoms with Gasteiger partial charge in [-0.15, -0.1) is 0 Å². The van der Waals surface area contributed by atoms with Gasteiger partial charge in [0.15, 0.2) is 0 Å². The van der Waals surface area contributed by atoms with E-state index in [1.165, 1.54) is 0 Å². The van der Waals surface area contributed by atoms with Gasteiger partial charge in [0.25, 0.3) is 0 Å². The van der Waals surface area contributed by atoms with E-state index >= 15 is 0 Å². The molecule has 0 radical (unpaired) electrons. The van der Waals surface area contributed by atoms with Crippen molar-refractivity contribution in [3.05, 3.63) is 28.0 Å². The summed E-state index contributed by atoms with van der Waals surface area (Å²) in [6, 6.07) is -0.165. The number of pyridine rings is 1. The standard InChI is InChI=1S/C16H23Cl2N5O/c1-21-4-6-23(7-5-21)16(24)15-11-22(3-2-20-15)10-12-13(17)8-19-9-14(12)18/h8-9,15,20H,2-7,10-11H2,1H3/t15-/m0/s1. The number of likely N-dealkylation sites (N-methyl/N-ethyl adjacent to an activating group) is 1. The summed E-state index contributed by atoms with van der Waals surface area (Å²) < 4.78 is 0. The zero-order valence-electron chi connectivity index (χ0n) is 13.8. The minimum Gasteiger partial charge on any atom is -0.339 e. The van der Waals surface area contributed by atoms with Crippen LogP contribution in [0.1, 0.15) is 5.56 Å². The molecule has 1 atom stereocenters. The highest BCUT2D eigenvalue weighted by Gasteiger charge is 2.30. The summed E-state index contributed by atoms with van der Waals surface area (Å²) in [7, 11) is 2.09. The van der Waals surface area contributed by atoms with Gasteiger partial charge in [0.2, 0.25) is 5.91 Å². The normalized spacial score (nSPS) is 23.5. The van der Waals surface area contributed by atoms with Crippen molar-refractivity contribution in [3.63, 3.8) is 0 Å². The van der Waals surface area contributed by atoms with Crippen molar-refractivity contribution < 1.29 is 4.79 Å². The number of hydrogen-bond donors (Lipinski definition) is 1. The number of carbonyl (C=O) groups excluding carboxylic acids is 1. The summed E-state index contributed by atoms with van der Waals surface area (Å²) in [6.45, 7) is 6.42. The second kappa shape index (κ2) is 7.97. The van der Waals surface area contributed by atoms with Gasteiger partial charge < -0.3 is 15.1 Å². The van der Waals surface area contributed by atoms with E-state index in [0.717, 1.165) is 44.8 Å². The molecule has 0 bridgehead atoms. The predicted molar refractivity (Wildman–Crippen MR) is 95.4 cm³/mol. The predicted octanol–water partition coefficient (Wildman–Crippen LogP) is 0.936. The van der Waals surface area contributed by atoms with Crippen LogP contribution < -0.4 is 5.32 Å². The maximum Gasteiger partial charge on any atom is 0.241 e. The molecule has 0 spiro atoms. The Labute approximate surface area is 152 Å². The molecule has 3 heterocycles. The van der Waals surface area contributed by atoms with E-state index < -0.39 is 0 Å². The summed E-state index contributed by atoms with van der Waals surface area (Å²) in [5, 5.41) is 4.49. The van der Waals surface area contributed by atoms with E-state index in [-0.39, 0.29) is 11.9 Å². The molecule has 1 N–H and O–H groups in total. The van der Waals surface area contributed by atoms with Crippen LogP contribution in [0.15, 0.2) is 12.4 Å². The van der Waals surface area contributed by atoms with E-state index in [1.807, 2.05) is 4.90 Å². The lowest BCUT2D eigenvalue weighted by Crippen LogP contribution is -2.59. The molecule has 24 heavy (non-hydrogen) atoms. The largest absolute Gasteiger partial charge is 0.339 e. The van der Waals surface area contributed by atoms with E-state index in [0.29, 0.717) is 23.1 Å². The Morgan fingerprint density at radius 2 is 1.88 bits per heavy atom. The highest BCUT2D eigenvalue weighted by molar-refractivity contribution is 6.35. The summed E-state index contributed by atoms with van der Waals surface area (Å²) in [6.07, 6.45) is 3.22. The van der Waals surface area contributed by atoms with Crippen LogP contribution in [0.3, 0.4) is 0 Å². The Morgan fingerprint density at radius 1 is 1.21 bits per heavy atom. The van der Waals surface area contributed by atoms with Gasteiger partial charge in [-0.25, -0.2) is 0 Å². The molecule has 2 aliphatic rings. The van der Waals surface area contributed by atoms with Gasteiger partial charge in [0, 0.05) is 70.3 Å². The van der Waals surface area contributed by atoms with Crippen LogP contribution in [0.25, 0.3) is 0 Å². The molecule has 2 saturated heterocycles. The molecule has 1 amide bonds. The smallest absolute Gasteiger partial charge is 0.241 e. The van der Waals surface area contributed by atoms with Crippen molar-refractivity contribution in [2.45, 2.75) is 12.6 Å². The van der Waals surface area contributed by atoms with Crippen LogP contribution in [-0.4, -0.2) is 84.5 Å². The molecule has 0 unspecified atom stereocenters. The first-order valence-corrected chi connectivity index (χ1v) is 9.01.